The molecule has 4 aliphatic carbocycles. The Labute approximate surface area is 174 Å². The fourth-order valence-corrected chi connectivity index (χ4v) is 6.51. The third-order valence-electron chi connectivity index (χ3n) is 7.36. The fourth-order valence-electron chi connectivity index (χ4n) is 6.51. The minimum Gasteiger partial charge on any atom is -0.497 e. The largest absolute Gasteiger partial charge is 0.497 e. The van der Waals surface area contributed by atoms with Crippen molar-refractivity contribution < 1.29 is 9.53 Å². The molecular formula is C24H33N3O2. The molecule has 5 heteroatoms. The molecule has 0 aromatic heterocycles. The van der Waals surface area contributed by atoms with Crippen molar-refractivity contribution in [2.75, 3.05) is 27.2 Å². The van der Waals surface area contributed by atoms with E-state index >= 15 is 0 Å². The lowest BCUT2D eigenvalue weighted by Gasteiger charge is -2.60. The lowest BCUT2D eigenvalue weighted by molar-refractivity contribution is -0.153. The minimum atomic E-state index is 0.0188. The number of hydrogen-bond donors (Lipinski definition) is 0. The average Bonchev–Trinajstić information content (AvgIpc) is 2.69. The first-order chi connectivity index (χ1) is 14.0. The molecule has 4 bridgehead atoms. The minimum absolute atomic E-state index is 0.0188. The van der Waals surface area contributed by atoms with E-state index in [2.05, 4.69) is 23.1 Å². The zero-order chi connectivity index (χ0) is 20.4. The number of carbonyl (C=O) groups is 1. The van der Waals surface area contributed by atoms with Gasteiger partial charge in [-0.05, 0) is 81.0 Å². The molecule has 5 nitrogen and oxygen atoms in total. The molecule has 0 saturated heterocycles. The summed E-state index contributed by atoms with van der Waals surface area (Å²) in [6, 6.07) is 10.3. The van der Waals surface area contributed by atoms with Crippen LogP contribution < -0.4 is 4.74 Å². The molecule has 1 aromatic rings. The van der Waals surface area contributed by atoms with Crippen LogP contribution in [-0.4, -0.2) is 48.5 Å². The van der Waals surface area contributed by atoms with Gasteiger partial charge in [0, 0.05) is 25.0 Å². The van der Waals surface area contributed by atoms with Gasteiger partial charge < -0.3 is 9.64 Å². The Morgan fingerprint density at radius 2 is 1.86 bits per heavy atom. The highest BCUT2D eigenvalue weighted by molar-refractivity contribution is 5.79. The van der Waals surface area contributed by atoms with Crippen LogP contribution in [0.25, 0.3) is 0 Å². The van der Waals surface area contributed by atoms with Gasteiger partial charge in [-0.25, -0.2) is 0 Å². The van der Waals surface area contributed by atoms with Crippen LogP contribution in [0, 0.1) is 29.1 Å². The number of nitrogens with zero attached hydrogens (tertiary/aromatic N) is 3. The van der Waals surface area contributed by atoms with E-state index in [1.807, 2.05) is 24.1 Å². The normalized spacial score (nSPS) is 29.7. The molecule has 1 aromatic carbocycles. The predicted molar refractivity (Wildman–Crippen MR) is 112 cm³/mol. The first-order valence-corrected chi connectivity index (χ1v) is 11.0. The second kappa shape index (κ2) is 8.36. The van der Waals surface area contributed by atoms with Crippen molar-refractivity contribution >= 4 is 5.91 Å². The van der Waals surface area contributed by atoms with Crippen LogP contribution in [0.1, 0.15) is 50.5 Å². The second-order valence-electron chi connectivity index (χ2n) is 9.62. The Balaban J connectivity index is 1.58. The Bertz CT molecular complexity index is 749. The molecule has 0 atom stereocenters. The molecule has 0 aliphatic heterocycles. The van der Waals surface area contributed by atoms with Gasteiger partial charge in [0.25, 0.3) is 0 Å². The van der Waals surface area contributed by atoms with Gasteiger partial charge in [0.2, 0.25) is 5.91 Å². The first kappa shape index (κ1) is 20.2. The van der Waals surface area contributed by atoms with Gasteiger partial charge >= 0.3 is 0 Å². The number of ether oxygens (including phenoxy) is 1. The van der Waals surface area contributed by atoms with E-state index in [-0.39, 0.29) is 11.4 Å². The number of methoxy groups -OCH3 is 1. The van der Waals surface area contributed by atoms with E-state index in [1.54, 1.807) is 7.11 Å². The Morgan fingerprint density at radius 3 is 2.45 bits per heavy atom. The van der Waals surface area contributed by atoms with Gasteiger partial charge in [0.05, 0.1) is 19.7 Å². The van der Waals surface area contributed by atoms with Crippen molar-refractivity contribution in [1.29, 1.82) is 5.26 Å². The molecule has 0 N–H and O–H groups in total. The molecular weight excluding hydrogens is 362 g/mol. The van der Waals surface area contributed by atoms with Crippen molar-refractivity contribution in [3.63, 3.8) is 0 Å². The number of amides is 1. The highest BCUT2D eigenvalue weighted by atomic mass is 16.5. The highest BCUT2D eigenvalue weighted by Gasteiger charge is 2.54. The summed E-state index contributed by atoms with van der Waals surface area (Å²) < 4.78 is 5.41. The van der Waals surface area contributed by atoms with Crippen LogP contribution in [0.5, 0.6) is 5.75 Å². The number of rotatable bonds is 8. The zero-order valence-corrected chi connectivity index (χ0v) is 17.8. The molecule has 4 fully saturated rings. The van der Waals surface area contributed by atoms with E-state index in [0.29, 0.717) is 26.1 Å². The number of benzene rings is 1. The van der Waals surface area contributed by atoms with E-state index < -0.39 is 0 Å². The topological polar surface area (TPSA) is 56.6 Å². The van der Waals surface area contributed by atoms with Crippen molar-refractivity contribution in [3.05, 3.63) is 29.8 Å². The smallest absolute Gasteiger partial charge is 0.237 e. The molecule has 0 unspecified atom stereocenters. The average molecular weight is 396 g/mol. The summed E-state index contributed by atoms with van der Waals surface area (Å²) in [4.78, 5) is 17.8. The first-order valence-electron chi connectivity index (χ1n) is 11.0. The predicted octanol–water partition coefficient (Wildman–Crippen LogP) is 3.84. The summed E-state index contributed by atoms with van der Waals surface area (Å²) in [6.07, 6.45) is 8.04. The summed E-state index contributed by atoms with van der Waals surface area (Å²) in [6.45, 7) is 1.66. The van der Waals surface area contributed by atoms with Gasteiger partial charge in [-0.2, -0.15) is 5.26 Å². The molecule has 5 rings (SSSR count). The lowest BCUT2D eigenvalue weighted by atomic mass is 9.52. The van der Waals surface area contributed by atoms with Crippen LogP contribution in [0.2, 0.25) is 0 Å². The third-order valence-corrected chi connectivity index (χ3v) is 7.36. The van der Waals surface area contributed by atoms with Gasteiger partial charge in [-0.1, -0.05) is 12.1 Å². The van der Waals surface area contributed by atoms with Crippen LogP contribution >= 0.6 is 0 Å². The van der Waals surface area contributed by atoms with Gasteiger partial charge in [-0.15, -0.1) is 0 Å². The van der Waals surface area contributed by atoms with E-state index in [9.17, 15) is 4.79 Å². The van der Waals surface area contributed by atoms with E-state index in [1.165, 1.54) is 19.3 Å². The summed E-state index contributed by atoms with van der Waals surface area (Å²) >= 11 is 0. The summed E-state index contributed by atoms with van der Waals surface area (Å²) in [5.74, 6) is 3.41. The van der Waals surface area contributed by atoms with Crippen LogP contribution in [0.4, 0.5) is 0 Å². The summed E-state index contributed by atoms with van der Waals surface area (Å²) in [5.41, 5.74) is 1.15. The van der Waals surface area contributed by atoms with Crippen molar-refractivity contribution in [2.24, 2.45) is 17.8 Å². The Morgan fingerprint density at radius 1 is 1.21 bits per heavy atom. The van der Waals surface area contributed by atoms with Crippen LogP contribution in [0.3, 0.4) is 0 Å². The Kier molecular flexibility index (Phi) is 5.83. The molecule has 156 valence electrons. The maximum absolute atomic E-state index is 13.6. The van der Waals surface area contributed by atoms with Gasteiger partial charge in [0.15, 0.2) is 0 Å². The maximum atomic E-state index is 13.6. The lowest BCUT2D eigenvalue weighted by Crippen LogP contribution is -2.62. The monoisotopic (exact) mass is 395 g/mol. The number of carbonyl (C=O) groups excluding carboxylic acids is 1. The van der Waals surface area contributed by atoms with Gasteiger partial charge in [-0.3, -0.25) is 9.69 Å². The van der Waals surface area contributed by atoms with Gasteiger partial charge in [0.1, 0.15) is 5.75 Å². The van der Waals surface area contributed by atoms with Crippen molar-refractivity contribution in [2.45, 2.75) is 57.0 Å². The molecule has 1 amide bonds. The summed E-state index contributed by atoms with van der Waals surface area (Å²) in [5, 5.41) is 8.87. The molecule has 29 heavy (non-hydrogen) atoms. The zero-order valence-electron chi connectivity index (χ0n) is 17.8. The molecule has 4 saturated carbocycles. The molecule has 0 spiro atoms. The summed E-state index contributed by atoms with van der Waals surface area (Å²) in [7, 11) is 3.63. The fraction of sp³-hybridized carbons (Fsp3) is 0.667. The molecule has 4 aliphatic rings. The van der Waals surface area contributed by atoms with Crippen LogP contribution in [0.15, 0.2) is 24.3 Å². The number of hydrogen-bond acceptors (Lipinski definition) is 4. The SMILES string of the molecule is COc1cccc(CN(C(=O)CN(C)CCC#N)C23CC4CC(CC(C4)C2)C3)c1. The van der Waals surface area contributed by atoms with Crippen LogP contribution in [-0.2, 0) is 11.3 Å². The number of nitriles is 1. The van der Waals surface area contributed by atoms with Crippen molar-refractivity contribution in [1.82, 2.24) is 9.80 Å². The Hall–Kier alpha value is -2.06. The third kappa shape index (κ3) is 4.28. The van der Waals surface area contributed by atoms with Crippen molar-refractivity contribution in [3.8, 4) is 11.8 Å². The maximum Gasteiger partial charge on any atom is 0.237 e. The quantitative estimate of drug-likeness (QED) is 0.671. The highest BCUT2D eigenvalue weighted by Crippen LogP contribution is 2.58. The second-order valence-corrected chi connectivity index (χ2v) is 9.62. The molecule has 0 heterocycles. The number of likely N-dealkylation sites (N-methyl/N-ethyl adjacent to an activating group) is 1. The van der Waals surface area contributed by atoms with E-state index in [4.69, 9.17) is 10.00 Å². The van der Waals surface area contributed by atoms with E-state index in [0.717, 1.165) is 48.3 Å². The molecule has 0 radical (unpaired) electrons. The standard InChI is InChI=1S/C24H33N3O2/c1-26(8-4-7-25)17-23(28)27(16-18-5-3-6-22(12-18)29-2)24-13-19-9-20(14-24)11-21(10-19)15-24/h3,5-6,12,19-21H,4,8-11,13-17H2,1-2H3.